The number of benzene rings is 1. The van der Waals surface area contributed by atoms with E-state index in [0.717, 1.165) is 38.8 Å². The van der Waals surface area contributed by atoms with E-state index in [1.807, 2.05) is 4.90 Å². The first-order valence-electron chi connectivity index (χ1n) is 13.0. The first-order valence-corrected chi connectivity index (χ1v) is 14.9. The van der Waals surface area contributed by atoms with E-state index in [1.54, 1.807) is 28.6 Å². The van der Waals surface area contributed by atoms with Gasteiger partial charge in [0, 0.05) is 36.7 Å². The highest BCUT2D eigenvalue weighted by Crippen LogP contribution is 2.51. The van der Waals surface area contributed by atoms with Crippen LogP contribution >= 0.6 is 11.6 Å². The topological polar surface area (TPSA) is 99.6 Å². The normalized spacial score (nSPS) is 32.4. The summed E-state index contributed by atoms with van der Waals surface area (Å²) in [5, 5.41) is 9.80. The number of morpholine rings is 1. The predicted octanol–water partition coefficient (Wildman–Crippen LogP) is 2.32. The average molecular weight is 540 g/mol. The number of rotatable bonds is 7. The standard InChI is InChI=1S/C25H34ClN3O6S/c26-18-3-7-21(8-4-18)36(32,33)29-22(17-1-2-17)15-34-16-23(29)25(9-10-25)35-24(31)28-19-5-6-20(28)14-27(13-19)11-12-30/h3-4,7-8,17,19-20,22-23,30H,1-2,5-6,9-16H2/t19?,20?,22-,23+/m0/s1. The van der Waals surface area contributed by atoms with E-state index in [1.165, 1.54) is 0 Å². The van der Waals surface area contributed by atoms with E-state index in [9.17, 15) is 18.3 Å². The van der Waals surface area contributed by atoms with Crippen molar-refractivity contribution in [1.82, 2.24) is 14.1 Å². The zero-order chi connectivity index (χ0) is 25.1. The molecule has 2 aliphatic carbocycles. The molecule has 1 amide bonds. The maximum Gasteiger partial charge on any atom is 0.410 e. The number of carbonyl (C=O) groups is 1. The van der Waals surface area contributed by atoms with Gasteiger partial charge in [0.05, 0.1) is 36.8 Å². The summed E-state index contributed by atoms with van der Waals surface area (Å²) in [6.45, 7) is 2.74. The van der Waals surface area contributed by atoms with Gasteiger partial charge in [0.15, 0.2) is 0 Å². The molecule has 0 aromatic heterocycles. The predicted molar refractivity (Wildman–Crippen MR) is 132 cm³/mol. The molecule has 9 nitrogen and oxygen atoms in total. The number of hydrogen-bond donors (Lipinski definition) is 1. The molecular weight excluding hydrogens is 506 g/mol. The molecular formula is C25H34ClN3O6S. The number of aliphatic hydroxyl groups is 1. The van der Waals surface area contributed by atoms with E-state index in [0.29, 0.717) is 31.0 Å². The molecule has 198 valence electrons. The zero-order valence-corrected chi connectivity index (χ0v) is 21.9. The Hall–Kier alpha value is -1.43. The van der Waals surface area contributed by atoms with Crippen LogP contribution in [0.3, 0.4) is 0 Å². The highest BCUT2D eigenvalue weighted by Gasteiger charge is 2.62. The molecule has 5 fully saturated rings. The fraction of sp³-hybridized carbons (Fsp3) is 0.720. The van der Waals surface area contributed by atoms with Gasteiger partial charge in [0.1, 0.15) is 5.60 Å². The Morgan fingerprint density at radius 3 is 2.33 bits per heavy atom. The molecule has 36 heavy (non-hydrogen) atoms. The summed E-state index contributed by atoms with van der Waals surface area (Å²) in [5.74, 6) is 0.261. The summed E-state index contributed by atoms with van der Waals surface area (Å²) < 4.78 is 41.8. The van der Waals surface area contributed by atoms with Gasteiger partial charge in [-0.3, -0.25) is 9.80 Å². The Kier molecular flexibility index (Phi) is 6.49. The van der Waals surface area contributed by atoms with Crippen LogP contribution in [-0.2, 0) is 19.5 Å². The van der Waals surface area contributed by atoms with Crippen molar-refractivity contribution in [3.05, 3.63) is 29.3 Å². The largest absolute Gasteiger partial charge is 0.441 e. The summed E-state index contributed by atoms with van der Waals surface area (Å²) in [6.07, 6.45) is 4.68. The van der Waals surface area contributed by atoms with Crippen LogP contribution in [0.1, 0.15) is 38.5 Å². The average Bonchev–Trinajstić information content (AvgIpc) is 3.78. The van der Waals surface area contributed by atoms with E-state index in [2.05, 4.69) is 4.90 Å². The van der Waals surface area contributed by atoms with Crippen LogP contribution < -0.4 is 0 Å². The van der Waals surface area contributed by atoms with Gasteiger partial charge in [-0.2, -0.15) is 4.31 Å². The number of aliphatic hydroxyl groups excluding tert-OH is 1. The quantitative estimate of drug-likeness (QED) is 0.567. The number of likely N-dealkylation sites (tertiary alicyclic amines) is 1. The molecule has 6 rings (SSSR count). The number of amides is 1. The van der Waals surface area contributed by atoms with E-state index < -0.39 is 21.7 Å². The molecule has 4 atom stereocenters. The van der Waals surface area contributed by atoms with Crippen LogP contribution in [0.15, 0.2) is 29.2 Å². The first kappa shape index (κ1) is 24.9. The molecule has 11 heteroatoms. The number of β-amino-alcohol motifs (C(OH)–C–C–N with tert-alkyl or cyclic N) is 1. The summed E-state index contributed by atoms with van der Waals surface area (Å²) >= 11 is 6.03. The van der Waals surface area contributed by atoms with Gasteiger partial charge < -0.3 is 14.6 Å². The lowest BCUT2D eigenvalue weighted by molar-refractivity contribution is -0.0797. The van der Waals surface area contributed by atoms with Crippen molar-refractivity contribution < 1.29 is 27.8 Å². The molecule has 5 aliphatic rings. The van der Waals surface area contributed by atoms with Gasteiger partial charge in [-0.15, -0.1) is 0 Å². The number of sulfonamides is 1. The molecule has 3 heterocycles. The Balaban J connectivity index is 1.25. The minimum absolute atomic E-state index is 0.0642. The van der Waals surface area contributed by atoms with Gasteiger partial charge in [-0.25, -0.2) is 13.2 Å². The van der Waals surface area contributed by atoms with Gasteiger partial charge in [-0.05, 0) is 68.7 Å². The van der Waals surface area contributed by atoms with Crippen LogP contribution in [0.4, 0.5) is 4.79 Å². The fourth-order valence-electron chi connectivity index (χ4n) is 6.43. The second-order valence-electron chi connectivity index (χ2n) is 11.0. The Bertz CT molecular complexity index is 1080. The third-order valence-corrected chi connectivity index (χ3v) is 10.8. The lowest BCUT2D eigenvalue weighted by atomic mass is 10.0. The number of carbonyl (C=O) groups excluding carboxylic acids is 1. The van der Waals surface area contributed by atoms with E-state index >= 15 is 0 Å². The molecule has 2 unspecified atom stereocenters. The molecule has 3 saturated heterocycles. The molecule has 1 aromatic carbocycles. The molecule has 1 N–H and O–H groups in total. The molecule has 2 bridgehead atoms. The smallest absolute Gasteiger partial charge is 0.410 e. The maximum absolute atomic E-state index is 14.0. The summed E-state index contributed by atoms with van der Waals surface area (Å²) in [7, 11) is -3.85. The van der Waals surface area contributed by atoms with Crippen molar-refractivity contribution in [2.45, 2.75) is 73.2 Å². The third kappa shape index (κ3) is 4.43. The van der Waals surface area contributed by atoms with Crippen LogP contribution in [0, 0.1) is 5.92 Å². The van der Waals surface area contributed by atoms with Crippen LogP contribution in [-0.4, -0.2) is 103 Å². The number of nitrogens with zero attached hydrogens (tertiary/aromatic N) is 3. The molecule has 3 aliphatic heterocycles. The number of piperazine rings is 1. The monoisotopic (exact) mass is 539 g/mol. The van der Waals surface area contributed by atoms with Gasteiger partial charge >= 0.3 is 6.09 Å². The fourth-order valence-corrected chi connectivity index (χ4v) is 8.45. The second kappa shape index (κ2) is 9.39. The van der Waals surface area contributed by atoms with Crippen LogP contribution in [0.25, 0.3) is 0 Å². The number of hydrogen-bond acceptors (Lipinski definition) is 7. The maximum atomic E-state index is 14.0. The van der Waals surface area contributed by atoms with Gasteiger partial charge in [0.25, 0.3) is 0 Å². The highest BCUT2D eigenvalue weighted by atomic mass is 35.5. The highest BCUT2D eigenvalue weighted by molar-refractivity contribution is 7.89. The van der Waals surface area contributed by atoms with E-state index in [-0.39, 0.29) is 48.2 Å². The zero-order valence-electron chi connectivity index (χ0n) is 20.3. The summed E-state index contributed by atoms with van der Waals surface area (Å²) in [6, 6.07) is 5.58. The van der Waals surface area contributed by atoms with Crippen molar-refractivity contribution in [3.63, 3.8) is 0 Å². The lowest BCUT2D eigenvalue weighted by Crippen LogP contribution is -2.62. The molecule has 2 saturated carbocycles. The van der Waals surface area contributed by atoms with Crippen molar-refractivity contribution in [1.29, 1.82) is 0 Å². The third-order valence-electron chi connectivity index (χ3n) is 8.58. The number of ether oxygens (including phenoxy) is 2. The molecule has 0 spiro atoms. The van der Waals surface area contributed by atoms with Crippen LogP contribution in [0.5, 0.6) is 0 Å². The summed E-state index contributed by atoms with van der Waals surface area (Å²) in [4.78, 5) is 17.8. The molecule has 0 radical (unpaired) electrons. The van der Waals surface area contributed by atoms with Crippen molar-refractivity contribution in [2.75, 3.05) is 39.5 Å². The minimum atomic E-state index is -3.85. The lowest BCUT2D eigenvalue weighted by Gasteiger charge is -2.45. The van der Waals surface area contributed by atoms with Crippen molar-refractivity contribution in [2.24, 2.45) is 5.92 Å². The van der Waals surface area contributed by atoms with E-state index in [4.69, 9.17) is 21.1 Å². The van der Waals surface area contributed by atoms with Gasteiger partial charge in [-0.1, -0.05) is 11.6 Å². The van der Waals surface area contributed by atoms with Gasteiger partial charge in [0.2, 0.25) is 10.0 Å². The second-order valence-corrected chi connectivity index (χ2v) is 13.2. The first-order chi connectivity index (χ1) is 17.3. The summed E-state index contributed by atoms with van der Waals surface area (Å²) in [5.41, 5.74) is -0.869. The number of halogens is 1. The Morgan fingerprint density at radius 1 is 1.08 bits per heavy atom. The Labute approximate surface area is 217 Å². The Morgan fingerprint density at radius 2 is 1.75 bits per heavy atom. The minimum Gasteiger partial charge on any atom is -0.441 e. The van der Waals surface area contributed by atoms with Crippen molar-refractivity contribution >= 4 is 27.7 Å². The SMILES string of the molecule is O=C(OC1([C@H]2COC[C@@H](C3CC3)N2S(=O)(=O)c2ccc(Cl)cc2)CC1)N1C2CCC1CN(CCO)C2. The molecule has 1 aromatic rings. The van der Waals surface area contributed by atoms with Crippen molar-refractivity contribution in [3.8, 4) is 0 Å². The number of fused-ring (bicyclic) bond motifs is 2. The van der Waals surface area contributed by atoms with Crippen LogP contribution in [0.2, 0.25) is 5.02 Å².